The molecule has 0 bridgehead atoms. The number of ether oxygens (including phenoxy) is 1. The second kappa shape index (κ2) is 11.0. The maximum absolute atomic E-state index is 12.6. The number of Topliss-reactive ketones (excluding diaryl/α,β-unsaturated/α-hetero) is 1. The van der Waals surface area contributed by atoms with E-state index in [4.69, 9.17) is 33.0 Å². The van der Waals surface area contributed by atoms with Gasteiger partial charge in [-0.05, 0) is 65.6 Å². The van der Waals surface area contributed by atoms with Gasteiger partial charge in [0.1, 0.15) is 21.3 Å². The first-order valence-corrected chi connectivity index (χ1v) is 13.1. The number of carbonyl (C=O) groups is 2. The summed E-state index contributed by atoms with van der Waals surface area (Å²) in [6.07, 6.45) is 1.31. The Hall–Kier alpha value is -2.87. The summed E-state index contributed by atoms with van der Waals surface area (Å²) in [6, 6.07) is 16.5. The molecule has 0 saturated carbocycles. The first-order chi connectivity index (χ1) is 16.0. The van der Waals surface area contributed by atoms with Gasteiger partial charge >= 0.3 is 5.97 Å². The number of rotatable bonds is 10. The number of aliphatic carboxylic acids is 1. The van der Waals surface area contributed by atoms with Crippen molar-refractivity contribution in [3.05, 3.63) is 93.0 Å². The predicted octanol–water partition coefficient (Wildman–Crippen LogP) is 5.43. The third-order valence-corrected chi connectivity index (χ3v) is 6.66. The SMILES string of the molecule is CS(=O)(=O)CCc1cc(CC(=O)O)ccc1Oc1ccc(C(=O)Cc2ccc(Cl)c(Cl)c2)cc1. The van der Waals surface area contributed by atoms with Crippen LogP contribution in [0.5, 0.6) is 11.5 Å². The summed E-state index contributed by atoms with van der Waals surface area (Å²) >= 11 is 11.9. The van der Waals surface area contributed by atoms with Crippen LogP contribution < -0.4 is 4.74 Å². The first-order valence-electron chi connectivity index (χ1n) is 10.3. The first kappa shape index (κ1) is 25.7. The Morgan fingerprint density at radius 3 is 2.15 bits per heavy atom. The van der Waals surface area contributed by atoms with E-state index in [1.165, 1.54) is 0 Å². The second-order valence-electron chi connectivity index (χ2n) is 7.87. The highest BCUT2D eigenvalue weighted by Gasteiger charge is 2.13. The molecule has 178 valence electrons. The van der Waals surface area contributed by atoms with E-state index in [1.54, 1.807) is 60.7 Å². The van der Waals surface area contributed by atoms with E-state index >= 15 is 0 Å². The van der Waals surface area contributed by atoms with E-state index in [9.17, 15) is 18.0 Å². The lowest BCUT2D eigenvalue weighted by atomic mass is 10.0. The molecule has 0 spiro atoms. The van der Waals surface area contributed by atoms with Crippen molar-refractivity contribution in [3.8, 4) is 11.5 Å². The van der Waals surface area contributed by atoms with Crippen LogP contribution in [0.3, 0.4) is 0 Å². The average molecular weight is 521 g/mol. The van der Waals surface area contributed by atoms with Crippen molar-refractivity contribution in [3.63, 3.8) is 0 Å². The fourth-order valence-electron chi connectivity index (χ4n) is 3.28. The number of carboxylic acids is 1. The molecule has 1 N–H and O–H groups in total. The predicted molar refractivity (Wildman–Crippen MR) is 132 cm³/mol. The topological polar surface area (TPSA) is 97.7 Å². The van der Waals surface area contributed by atoms with Crippen LogP contribution in [0.4, 0.5) is 0 Å². The summed E-state index contributed by atoms with van der Waals surface area (Å²) in [5.74, 6) is -0.298. The van der Waals surface area contributed by atoms with Gasteiger partial charge in [0.2, 0.25) is 0 Å². The smallest absolute Gasteiger partial charge is 0.307 e. The Morgan fingerprint density at radius 1 is 0.882 bits per heavy atom. The van der Waals surface area contributed by atoms with Crippen LogP contribution in [0.1, 0.15) is 27.0 Å². The number of hydrogen-bond donors (Lipinski definition) is 1. The van der Waals surface area contributed by atoms with Gasteiger partial charge in [-0.15, -0.1) is 0 Å². The van der Waals surface area contributed by atoms with Crippen LogP contribution in [-0.4, -0.2) is 37.3 Å². The highest BCUT2D eigenvalue weighted by atomic mass is 35.5. The minimum atomic E-state index is -3.22. The molecule has 9 heteroatoms. The Morgan fingerprint density at radius 2 is 1.53 bits per heavy atom. The zero-order valence-electron chi connectivity index (χ0n) is 18.3. The molecule has 6 nitrogen and oxygen atoms in total. The second-order valence-corrected chi connectivity index (χ2v) is 10.9. The van der Waals surface area contributed by atoms with Crippen molar-refractivity contribution in [1.82, 2.24) is 0 Å². The van der Waals surface area contributed by atoms with Gasteiger partial charge in [-0.2, -0.15) is 0 Å². The summed E-state index contributed by atoms with van der Waals surface area (Å²) in [6.45, 7) is 0. The van der Waals surface area contributed by atoms with E-state index < -0.39 is 15.8 Å². The van der Waals surface area contributed by atoms with E-state index in [-0.39, 0.29) is 30.8 Å². The van der Waals surface area contributed by atoms with Gasteiger partial charge in [0, 0.05) is 18.2 Å². The van der Waals surface area contributed by atoms with Crippen LogP contribution in [-0.2, 0) is 33.9 Å². The van der Waals surface area contributed by atoms with Gasteiger partial charge in [-0.25, -0.2) is 8.42 Å². The maximum Gasteiger partial charge on any atom is 0.307 e. The Bertz CT molecular complexity index is 1320. The van der Waals surface area contributed by atoms with Crippen molar-refractivity contribution in [2.75, 3.05) is 12.0 Å². The molecule has 0 saturated heterocycles. The van der Waals surface area contributed by atoms with Crippen molar-refractivity contribution in [2.45, 2.75) is 19.3 Å². The molecule has 0 heterocycles. The lowest BCUT2D eigenvalue weighted by Crippen LogP contribution is -2.08. The third kappa shape index (κ3) is 7.58. The summed E-state index contributed by atoms with van der Waals surface area (Å²) in [5.41, 5.74) is 2.37. The molecule has 3 aromatic rings. The van der Waals surface area contributed by atoms with Crippen LogP contribution in [0.15, 0.2) is 60.7 Å². The summed E-state index contributed by atoms with van der Waals surface area (Å²) in [7, 11) is -3.22. The van der Waals surface area contributed by atoms with Gasteiger partial charge in [0.25, 0.3) is 0 Å². The summed E-state index contributed by atoms with van der Waals surface area (Å²) in [5, 5.41) is 9.85. The molecule has 0 fully saturated rings. The third-order valence-electron chi connectivity index (χ3n) is 4.98. The monoisotopic (exact) mass is 520 g/mol. The minimum Gasteiger partial charge on any atom is -0.481 e. The van der Waals surface area contributed by atoms with E-state index in [0.717, 1.165) is 11.8 Å². The Labute approximate surface area is 208 Å². The van der Waals surface area contributed by atoms with E-state index in [0.29, 0.717) is 38.2 Å². The lowest BCUT2D eigenvalue weighted by Gasteiger charge is -2.13. The standard InChI is InChI=1S/C25H22Cl2O6S/c1-34(31,32)11-10-19-12-16(15-25(29)30)3-9-24(19)33-20-6-4-18(5-7-20)23(28)14-17-2-8-21(26)22(27)13-17/h2-9,12-13H,10-11,14-15H2,1H3,(H,29,30). The minimum absolute atomic E-state index is 0.0952. The highest BCUT2D eigenvalue weighted by Crippen LogP contribution is 2.28. The molecule has 3 rings (SSSR count). The van der Waals surface area contributed by atoms with Gasteiger partial charge in [0.15, 0.2) is 5.78 Å². The number of sulfone groups is 1. The molecule has 34 heavy (non-hydrogen) atoms. The molecule has 0 unspecified atom stereocenters. The summed E-state index contributed by atoms with van der Waals surface area (Å²) < 4.78 is 29.2. The lowest BCUT2D eigenvalue weighted by molar-refractivity contribution is -0.136. The summed E-state index contributed by atoms with van der Waals surface area (Å²) in [4.78, 5) is 23.7. The molecule has 0 aliphatic rings. The fourth-order valence-corrected chi connectivity index (χ4v) is 4.19. The molecule has 0 aliphatic heterocycles. The van der Waals surface area contributed by atoms with Crippen LogP contribution in [0.25, 0.3) is 0 Å². The normalized spacial score (nSPS) is 11.3. The average Bonchev–Trinajstić information content (AvgIpc) is 2.76. The van der Waals surface area contributed by atoms with Crippen LogP contribution in [0, 0.1) is 0 Å². The quantitative estimate of drug-likeness (QED) is 0.358. The van der Waals surface area contributed by atoms with Crippen molar-refractivity contribution in [2.24, 2.45) is 0 Å². The molecule has 3 aromatic carbocycles. The Kier molecular flexibility index (Phi) is 8.36. The van der Waals surface area contributed by atoms with Crippen LogP contribution >= 0.6 is 23.2 Å². The highest BCUT2D eigenvalue weighted by molar-refractivity contribution is 7.90. The Balaban J connectivity index is 1.76. The number of carbonyl (C=O) groups excluding carboxylic acids is 1. The molecule has 0 amide bonds. The molecule has 0 radical (unpaired) electrons. The van der Waals surface area contributed by atoms with Gasteiger partial charge in [-0.1, -0.05) is 41.4 Å². The van der Waals surface area contributed by atoms with Gasteiger partial charge in [-0.3, -0.25) is 9.59 Å². The molecule has 0 aromatic heterocycles. The van der Waals surface area contributed by atoms with Gasteiger partial charge < -0.3 is 9.84 Å². The van der Waals surface area contributed by atoms with E-state index in [2.05, 4.69) is 0 Å². The molecular formula is C25H22Cl2O6S. The largest absolute Gasteiger partial charge is 0.481 e. The molecular weight excluding hydrogens is 499 g/mol. The zero-order chi connectivity index (χ0) is 24.9. The maximum atomic E-state index is 12.6. The fraction of sp³-hybridized carbons (Fsp3) is 0.200. The molecule has 0 aliphatic carbocycles. The number of benzene rings is 3. The van der Waals surface area contributed by atoms with Crippen molar-refractivity contribution >= 4 is 44.8 Å². The number of aryl methyl sites for hydroxylation is 1. The number of hydrogen-bond acceptors (Lipinski definition) is 5. The number of carboxylic acid groups (broad SMARTS) is 1. The molecule has 0 atom stereocenters. The zero-order valence-corrected chi connectivity index (χ0v) is 20.6. The van der Waals surface area contributed by atoms with Crippen molar-refractivity contribution in [1.29, 1.82) is 0 Å². The van der Waals surface area contributed by atoms with Crippen molar-refractivity contribution < 1.29 is 27.9 Å². The van der Waals surface area contributed by atoms with Gasteiger partial charge in [0.05, 0.1) is 22.2 Å². The van der Waals surface area contributed by atoms with E-state index in [1.807, 2.05) is 0 Å². The number of ketones is 1. The van der Waals surface area contributed by atoms with Crippen LogP contribution in [0.2, 0.25) is 10.0 Å². The number of halogens is 2.